The monoisotopic (exact) mass is 396 g/mol. The van der Waals surface area contributed by atoms with Crippen LogP contribution in [0.25, 0.3) is 11.1 Å². The van der Waals surface area contributed by atoms with Crippen molar-refractivity contribution in [2.45, 2.75) is 6.92 Å². The standard InChI is InChI=1S/C16H11Cl3N4O2/c1-7-11(6-25-23-7)16(24)22-13-3-2-9(15(20)21-13)10-4-8(17)5-12(18)14(10)19/h2-6H,1H3,(H3,20,21,22,24). The molecule has 0 radical (unpaired) electrons. The van der Waals surface area contributed by atoms with Gasteiger partial charge in [0.15, 0.2) is 0 Å². The number of aromatic nitrogens is 2. The molecule has 3 aromatic rings. The molecule has 0 aliphatic rings. The summed E-state index contributed by atoms with van der Waals surface area (Å²) in [5.41, 5.74) is 7.90. The molecule has 0 saturated carbocycles. The van der Waals surface area contributed by atoms with E-state index in [1.54, 1.807) is 25.1 Å². The zero-order valence-corrected chi connectivity index (χ0v) is 15.1. The third-order valence-corrected chi connectivity index (χ3v) is 4.46. The van der Waals surface area contributed by atoms with E-state index in [1.165, 1.54) is 12.3 Å². The Labute approximate surface area is 157 Å². The number of nitrogens with one attached hydrogen (secondary N) is 1. The van der Waals surface area contributed by atoms with E-state index in [9.17, 15) is 4.79 Å². The molecule has 1 amide bonds. The third-order valence-electron chi connectivity index (χ3n) is 3.44. The van der Waals surface area contributed by atoms with Crippen LogP contribution in [0.4, 0.5) is 11.6 Å². The molecule has 0 saturated heterocycles. The van der Waals surface area contributed by atoms with E-state index in [1.807, 2.05) is 0 Å². The Bertz CT molecular complexity index is 972. The Morgan fingerprint density at radius 2 is 1.96 bits per heavy atom. The zero-order chi connectivity index (χ0) is 18.1. The number of pyridine rings is 1. The van der Waals surface area contributed by atoms with Gasteiger partial charge in [-0.05, 0) is 31.2 Å². The van der Waals surface area contributed by atoms with Crippen LogP contribution in [0.2, 0.25) is 15.1 Å². The van der Waals surface area contributed by atoms with Crippen molar-refractivity contribution < 1.29 is 9.32 Å². The Balaban J connectivity index is 1.92. The highest BCUT2D eigenvalue weighted by Crippen LogP contribution is 2.38. The van der Waals surface area contributed by atoms with Crippen LogP contribution in [0.5, 0.6) is 0 Å². The number of benzene rings is 1. The second-order valence-corrected chi connectivity index (χ2v) is 6.37. The summed E-state index contributed by atoms with van der Waals surface area (Å²) in [7, 11) is 0. The van der Waals surface area contributed by atoms with Gasteiger partial charge in [0.1, 0.15) is 23.5 Å². The summed E-state index contributed by atoms with van der Waals surface area (Å²) in [5.74, 6) is 0.0402. The number of halogens is 3. The van der Waals surface area contributed by atoms with Crippen LogP contribution < -0.4 is 11.1 Å². The fourth-order valence-electron chi connectivity index (χ4n) is 2.22. The molecule has 0 bridgehead atoms. The highest BCUT2D eigenvalue weighted by molar-refractivity contribution is 6.45. The van der Waals surface area contributed by atoms with Gasteiger partial charge in [-0.15, -0.1) is 0 Å². The lowest BCUT2D eigenvalue weighted by Crippen LogP contribution is -2.14. The second-order valence-electron chi connectivity index (χ2n) is 5.15. The van der Waals surface area contributed by atoms with Gasteiger partial charge in [0, 0.05) is 16.1 Å². The van der Waals surface area contributed by atoms with E-state index >= 15 is 0 Å². The maximum absolute atomic E-state index is 12.2. The quantitative estimate of drug-likeness (QED) is 0.617. The fraction of sp³-hybridized carbons (Fsp3) is 0.0625. The first-order valence-electron chi connectivity index (χ1n) is 7.00. The molecule has 0 aliphatic carbocycles. The van der Waals surface area contributed by atoms with Gasteiger partial charge < -0.3 is 15.6 Å². The summed E-state index contributed by atoms with van der Waals surface area (Å²) in [5, 5.41) is 7.33. The number of nitrogens with zero attached hydrogens (tertiary/aromatic N) is 2. The summed E-state index contributed by atoms with van der Waals surface area (Å²) in [6, 6.07) is 6.44. The molecule has 3 rings (SSSR count). The average Bonchev–Trinajstić information content (AvgIpc) is 2.97. The van der Waals surface area contributed by atoms with Crippen LogP contribution >= 0.6 is 34.8 Å². The predicted molar refractivity (Wildman–Crippen MR) is 98.3 cm³/mol. The van der Waals surface area contributed by atoms with Crippen molar-refractivity contribution >= 4 is 52.3 Å². The number of carbonyl (C=O) groups excluding carboxylic acids is 1. The van der Waals surface area contributed by atoms with E-state index in [0.29, 0.717) is 37.5 Å². The maximum Gasteiger partial charge on any atom is 0.262 e. The number of nitrogen functional groups attached to an aromatic ring is 1. The Morgan fingerprint density at radius 3 is 2.60 bits per heavy atom. The number of amides is 1. The van der Waals surface area contributed by atoms with Gasteiger partial charge in [0.25, 0.3) is 5.91 Å². The molecule has 0 fully saturated rings. The Hall–Kier alpha value is -2.28. The first kappa shape index (κ1) is 17.5. The molecule has 9 heteroatoms. The number of rotatable bonds is 3. The summed E-state index contributed by atoms with van der Waals surface area (Å²) in [6.45, 7) is 1.66. The molecule has 2 aromatic heterocycles. The Morgan fingerprint density at radius 1 is 1.20 bits per heavy atom. The van der Waals surface area contributed by atoms with Crippen LogP contribution in [-0.2, 0) is 0 Å². The van der Waals surface area contributed by atoms with E-state index in [0.717, 1.165) is 0 Å². The highest BCUT2D eigenvalue weighted by atomic mass is 35.5. The van der Waals surface area contributed by atoms with Gasteiger partial charge in [-0.25, -0.2) is 4.98 Å². The first-order chi connectivity index (χ1) is 11.9. The van der Waals surface area contributed by atoms with Crippen LogP contribution in [0.3, 0.4) is 0 Å². The summed E-state index contributed by atoms with van der Waals surface area (Å²) >= 11 is 18.3. The van der Waals surface area contributed by atoms with Crippen molar-refractivity contribution in [2.24, 2.45) is 0 Å². The molecule has 0 aliphatic heterocycles. The number of hydrogen-bond donors (Lipinski definition) is 2. The molecule has 3 N–H and O–H groups in total. The lowest BCUT2D eigenvalue weighted by molar-refractivity contribution is 0.102. The van der Waals surface area contributed by atoms with Crippen molar-refractivity contribution in [2.75, 3.05) is 11.1 Å². The number of aryl methyl sites for hydroxylation is 1. The normalized spacial score (nSPS) is 10.7. The van der Waals surface area contributed by atoms with Crippen molar-refractivity contribution in [1.29, 1.82) is 0 Å². The number of hydrogen-bond acceptors (Lipinski definition) is 5. The van der Waals surface area contributed by atoms with Crippen LogP contribution in [0.15, 0.2) is 35.1 Å². The maximum atomic E-state index is 12.2. The van der Waals surface area contributed by atoms with Crippen LogP contribution in [-0.4, -0.2) is 16.0 Å². The minimum absolute atomic E-state index is 0.167. The Kier molecular flexibility index (Phi) is 4.85. The molecule has 25 heavy (non-hydrogen) atoms. The topological polar surface area (TPSA) is 94.0 Å². The second kappa shape index (κ2) is 6.92. The lowest BCUT2D eigenvalue weighted by atomic mass is 10.1. The molecule has 0 unspecified atom stereocenters. The smallest absolute Gasteiger partial charge is 0.262 e. The number of nitrogens with two attached hydrogens (primary N) is 1. The largest absolute Gasteiger partial charge is 0.383 e. The molecule has 128 valence electrons. The fourth-order valence-corrected chi connectivity index (χ4v) is 2.92. The van der Waals surface area contributed by atoms with Crippen molar-refractivity contribution in [3.63, 3.8) is 0 Å². The van der Waals surface area contributed by atoms with Gasteiger partial charge in [0.05, 0.1) is 15.7 Å². The van der Waals surface area contributed by atoms with Gasteiger partial charge >= 0.3 is 0 Å². The van der Waals surface area contributed by atoms with Gasteiger partial charge in [-0.1, -0.05) is 40.0 Å². The average molecular weight is 398 g/mol. The first-order valence-corrected chi connectivity index (χ1v) is 8.14. The third kappa shape index (κ3) is 3.56. The lowest BCUT2D eigenvalue weighted by Gasteiger charge is -2.11. The van der Waals surface area contributed by atoms with Crippen LogP contribution in [0.1, 0.15) is 16.1 Å². The van der Waals surface area contributed by atoms with E-state index in [2.05, 4.69) is 15.5 Å². The summed E-state index contributed by atoms with van der Waals surface area (Å²) in [6.07, 6.45) is 1.26. The van der Waals surface area contributed by atoms with E-state index in [4.69, 9.17) is 45.1 Å². The molecular weight excluding hydrogens is 387 g/mol. The SMILES string of the molecule is Cc1nocc1C(=O)Nc1ccc(-c2cc(Cl)cc(Cl)c2Cl)c(N)n1. The highest BCUT2D eigenvalue weighted by Gasteiger charge is 2.16. The van der Waals surface area contributed by atoms with Gasteiger partial charge in [-0.3, -0.25) is 4.79 Å². The summed E-state index contributed by atoms with van der Waals surface area (Å²) in [4.78, 5) is 16.3. The molecule has 1 aromatic carbocycles. The summed E-state index contributed by atoms with van der Waals surface area (Å²) < 4.78 is 4.74. The van der Waals surface area contributed by atoms with Crippen molar-refractivity contribution in [3.8, 4) is 11.1 Å². The number of carbonyl (C=O) groups is 1. The predicted octanol–water partition coefficient (Wildman–Crippen LogP) is 4.84. The molecule has 0 atom stereocenters. The van der Waals surface area contributed by atoms with Gasteiger partial charge in [0.2, 0.25) is 0 Å². The van der Waals surface area contributed by atoms with E-state index < -0.39 is 5.91 Å². The minimum atomic E-state index is -0.401. The van der Waals surface area contributed by atoms with E-state index in [-0.39, 0.29) is 11.6 Å². The molecular formula is C16H11Cl3N4O2. The van der Waals surface area contributed by atoms with Crippen LogP contribution in [0, 0.1) is 6.92 Å². The minimum Gasteiger partial charge on any atom is -0.383 e. The van der Waals surface area contributed by atoms with Crippen molar-refractivity contribution in [1.82, 2.24) is 10.1 Å². The molecule has 2 heterocycles. The van der Waals surface area contributed by atoms with Gasteiger partial charge in [-0.2, -0.15) is 0 Å². The number of anilines is 2. The molecule has 6 nitrogen and oxygen atoms in total. The van der Waals surface area contributed by atoms with Crippen molar-refractivity contribution in [3.05, 3.63) is 56.9 Å². The zero-order valence-electron chi connectivity index (χ0n) is 12.8. The molecule has 0 spiro atoms.